The standard InChI is InChI=1S/C11H17N3S/c12-11-13-6-9(15-11)7-14-5-4-8-2-1-3-10(8)14/h6,8,10H,1-5,7H2,(H2,12,13). The number of aromatic nitrogens is 1. The number of nitrogen functional groups attached to an aromatic ring is 1. The Labute approximate surface area is 94.3 Å². The van der Waals surface area contributed by atoms with E-state index >= 15 is 0 Å². The third kappa shape index (κ3) is 1.76. The van der Waals surface area contributed by atoms with E-state index in [1.165, 1.54) is 37.1 Å². The van der Waals surface area contributed by atoms with Crippen molar-refractivity contribution in [3.63, 3.8) is 0 Å². The molecule has 4 heteroatoms. The lowest BCUT2D eigenvalue weighted by molar-refractivity contribution is 0.235. The van der Waals surface area contributed by atoms with Gasteiger partial charge in [0.15, 0.2) is 5.13 Å². The molecule has 0 spiro atoms. The molecule has 0 aromatic carbocycles. The highest BCUT2D eigenvalue weighted by Gasteiger charge is 2.37. The van der Waals surface area contributed by atoms with Crippen LogP contribution in [0.15, 0.2) is 6.20 Å². The van der Waals surface area contributed by atoms with E-state index in [1.807, 2.05) is 6.20 Å². The zero-order valence-electron chi connectivity index (χ0n) is 8.85. The minimum Gasteiger partial charge on any atom is -0.375 e. The molecule has 0 bridgehead atoms. The molecule has 3 nitrogen and oxygen atoms in total. The first-order chi connectivity index (χ1) is 7.33. The Morgan fingerprint density at radius 1 is 1.47 bits per heavy atom. The molecule has 1 saturated carbocycles. The zero-order valence-corrected chi connectivity index (χ0v) is 9.67. The van der Waals surface area contributed by atoms with Crippen molar-refractivity contribution in [2.24, 2.45) is 5.92 Å². The summed E-state index contributed by atoms with van der Waals surface area (Å²) in [7, 11) is 0. The first-order valence-corrected chi connectivity index (χ1v) is 6.59. The lowest BCUT2D eigenvalue weighted by atomic mass is 10.1. The van der Waals surface area contributed by atoms with E-state index in [0.717, 1.165) is 18.5 Å². The largest absolute Gasteiger partial charge is 0.375 e. The number of fused-ring (bicyclic) bond motifs is 1. The maximum Gasteiger partial charge on any atom is 0.180 e. The molecular weight excluding hydrogens is 206 g/mol. The van der Waals surface area contributed by atoms with Crippen LogP contribution in [0.1, 0.15) is 30.6 Å². The fourth-order valence-electron chi connectivity index (χ4n) is 3.12. The normalized spacial score (nSPS) is 30.9. The molecule has 1 aromatic rings. The molecule has 1 aliphatic heterocycles. The van der Waals surface area contributed by atoms with Crippen LogP contribution in [0, 0.1) is 5.92 Å². The molecule has 2 N–H and O–H groups in total. The van der Waals surface area contributed by atoms with E-state index in [2.05, 4.69) is 9.88 Å². The third-order valence-electron chi connectivity index (χ3n) is 3.81. The highest BCUT2D eigenvalue weighted by molar-refractivity contribution is 7.15. The number of nitrogens with zero attached hydrogens (tertiary/aromatic N) is 2. The molecule has 0 amide bonds. The number of likely N-dealkylation sites (tertiary alicyclic amines) is 1. The van der Waals surface area contributed by atoms with Crippen LogP contribution >= 0.6 is 11.3 Å². The summed E-state index contributed by atoms with van der Waals surface area (Å²) in [6, 6.07) is 0.855. The topological polar surface area (TPSA) is 42.1 Å². The molecule has 1 saturated heterocycles. The maximum absolute atomic E-state index is 5.65. The van der Waals surface area contributed by atoms with Gasteiger partial charge in [0.2, 0.25) is 0 Å². The van der Waals surface area contributed by atoms with Crippen molar-refractivity contribution >= 4 is 16.5 Å². The third-order valence-corrected chi connectivity index (χ3v) is 4.62. The minimum atomic E-state index is 0.701. The van der Waals surface area contributed by atoms with Gasteiger partial charge in [0.25, 0.3) is 0 Å². The summed E-state index contributed by atoms with van der Waals surface area (Å²) in [5.41, 5.74) is 5.65. The fraction of sp³-hybridized carbons (Fsp3) is 0.727. The van der Waals surface area contributed by atoms with Gasteiger partial charge in [-0.05, 0) is 31.7 Å². The Balaban J connectivity index is 1.68. The van der Waals surface area contributed by atoms with Crippen molar-refractivity contribution in [1.82, 2.24) is 9.88 Å². The molecular formula is C11H17N3S. The van der Waals surface area contributed by atoms with Crippen LogP contribution < -0.4 is 5.73 Å². The summed E-state index contributed by atoms with van der Waals surface area (Å²) in [5.74, 6) is 0.982. The lowest BCUT2D eigenvalue weighted by Gasteiger charge is -2.22. The molecule has 2 atom stereocenters. The average molecular weight is 223 g/mol. The van der Waals surface area contributed by atoms with Gasteiger partial charge in [-0.3, -0.25) is 4.90 Å². The molecule has 2 fully saturated rings. The monoisotopic (exact) mass is 223 g/mol. The van der Waals surface area contributed by atoms with Crippen molar-refractivity contribution in [1.29, 1.82) is 0 Å². The van der Waals surface area contributed by atoms with Crippen LogP contribution in [-0.2, 0) is 6.54 Å². The van der Waals surface area contributed by atoms with Crippen LogP contribution in [0.2, 0.25) is 0 Å². The number of rotatable bonds is 2. The smallest absolute Gasteiger partial charge is 0.180 e. The molecule has 0 radical (unpaired) electrons. The Hall–Kier alpha value is -0.610. The van der Waals surface area contributed by atoms with E-state index in [9.17, 15) is 0 Å². The second-order valence-corrected chi connectivity index (χ2v) is 5.83. The van der Waals surface area contributed by atoms with Gasteiger partial charge in [0, 0.05) is 23.7 Å². The predicted molar refractivity (Wildman–Crippen MR) is 62.7 cm³/mol. The van der Waals surface area contributed by atoms with Crippen LogP contribution in [0.3, 0.4) is 0 Å². The number of hydrogen-bond acceptors (Lipinski definition) is 4. The van der Waals surface area contributed by atoms with Gasteiger partial charge < -0.3 is 5.73 Å². The Bertz CT molecular complexity index is 349. The van der Waals surface area contributed by atoms with Gasteiger partial charge in [-0.2, -0.15) is 0 Å². The summed E-state index contributed by atoms with van der Waals surface area (Å²) in [4.78, 5) is 8.06. The molecule has 2 unspecified atom stereocenters. The van der Waals surface area contributed by atoms with E-state index < -0.39 is 0 Å². The van der Waals surface area contributed by atoms with Gasteiger partial charge in [-0.1, -0.05) is 6.42 Å². The Kier molecular flexibility index (Phi) is 2.41. The SMILES string of the molecule is Nc1ncc(CN2CCC3CCCC32)s1. The van der Waals surface area contributed by atoms with Crippen molar-refractivity contribution < 1.29 is 0 Å². The summed E-state index contributed by atoms with van der Waals surface area (Å²) in [5, 5.41) is 0.701. The molecule has 82 valence electrons. The minimum absolute atomic E-state index is 0.701. The molecule has 2 heterocycles. The van der Waals surface area contributed by atoms with Crippen molar-refractivity contribution in [3.05, 3.63) is 11.1 Å². The molecule has 1 aliphatic carbocycles. The zero-order chi connectivity index (χ0) is 10.3. The molecule has 3 rings (SSSR count). The predicted octanol–water partition coefficient (Wildman–Crippen LogP) is 2.10. The van der Waals surface area contributed by atoms with Gasteiger partial charge in [-0.25, -0.2) is 4.98 Å². The number of anilines is 1. The highest BCUT2D eigenvalue weighted by atomic mass is 32.1. The van der Waals surface area contributed by atoms with Crippen molar-refractivity contribution in [3.8, 4) is 0 Å². The molecule has 1 aromatic heterocycles. The van der Waals surface area contributed by atoms with Crippen LogP contribution in [0.4, 0.5) is 5.13 Å². The average Bonchev–Trinajstić information content (AvgIpc) is 2.85. The van der Waals surface area contributed by atoms with E-state index in [1.54, 1.807) is 11.3 Å². The maximum atomic E-state index is 5.65. The van der Waals surface area contributed by atoms with Gasteiger partial charge in [0.05, 0.1) is 0 Å². The van der Waals surface area contributed by atoms with E-state index in [0.29, 0.717) is 5.13 Å². The number of nitrogens with two attached hydrogens (primary N) is 1. The fourth-order valence-corrected chi connectivity index (χ4v) is 3.83. The van der Waals surface area contributed by atoms with Crippen LogP contribution in [0.5, 0.6) is 0 Å². The van der Waals surface area contributed by atoms with Crippen molar-refractivity contribution in [2.45, 2.75) is 38.3 Å². The summed E-state index contributed by atoms with van der Waals surface area (Å²) >= 11 is 1.63. The highest BCUT2D eigenvalue weighted by Crippen LogP contribution is 2.38. The summed E-state index contributed by atoms with van der Waals surface area (Å²) in [6.07, 6.45) is 7.61. The van der Waals surface area contributed by atoms with Gasteiger partial charge in [-0.15, -0.1) is 11.3 Å². The Morgan fingerprint density at radius 2 is 2.40 bits per heavy atom. The van der Waals surface area contributed by atoms with Gasteiger partial charge >= 0.3 is 0 Å². The van der Waals surface area contributed by atoms with Crippen LogP contribution in [0.25, 0.3) is 0 Å². The lowest BCUT2D eigenvalue weighted by Crippen LogP contribution is -2.29. The number of hydrogen-bond donors (Lipinski definition) is 1. The first kappa shape index (κ1) is 9.60. The van der Waals surface area contributed by atoms with E-state index in [4.69, 9.17) is 5.73 Å². The summed E-state index contributed by atoms with van der Waals surface area (Å²) in [6.45, 7) is 2.34. The second kappa shape index (κ2) is 3.76. The second-order valence-electron chi connectivity index (χ2n) is 4.68. The summed E-state index contributed by atoms with van der Waals surface area (Å²) < 4.78 is 0. The van der Waals surface area contributed by atoms with Crippen molar-refractivity contribution in [2.75, 3.05) is 12.3 Å². The number of thiazole rings is 1. The Morgan fingerprint density at radius 3 is 3.20 bits per heavy atom. The first-order valence-electron chi connectivity index (χ1n) is 5.77. The quantitative estimate of drug-likeness (QED) is 0.835. The van der Waals surface area contributed by atoms with E-state index in [-0.39, 0.29) is 0 Å². The molecule has 2 aliphatic rings. The van der Waals surface area contributed by atoms with Crippen LogP contribution in [-0.4, -0.2) is 22.5 Å². The molecule has 15 heavy (non-hydrogen) atoms. The van der Waals surface area contributed by atoms with Gasteiger partial charge in [0.1, 0.15) is 0 Å².